The Bertz CT molecular complexity index is 644. The van der Waals surface area contributed by atoms with Crippen molar-refractivity contribution in [3.63, 3.8) is 0 Å². The van der Waals surface area contributed by atoms with Gasteiger partial charge in [0.05, 0.1) is 10.7 Å². The summed E-state index contributed by atoms with van der Waals surface area (Å²) in [6.07, 6.45) is 1.68. The Morgan fingerprint density at radius 2 is 1.90 bits per heavy atom. The van der Waals surface area contributed by atoms with Gasteiger partial charge >= 0.3 is 0 Å². The summed E-state index contributed by atoms with van der Waals surface area (Å²) in [4.78, 5) is 0. The molecule has 0 bridgehead atoms. The van der Waals surface area contributed by atoms with E-state index in [4.69, 9.17) is 22.1 Å². The summed E-state index contributed by atoms with van der Waals surface area (Å²) >= 11 is 6.20. The molecule has 0 spiro atoms. The first-order valence-electron chi connectivity index (χ1n) is 7.12. The highest BCUT2D eigenvalue weighted by atomic mass is 35.5. The first kappa shape index (κ1) is 15.7. The van der Waals surface area contributed by atoms with E-state index in [0.29, 0.717) is 23.2 Å². The van der Waals surface area contributed by atoms with Gasteiger partial charge in [-0.2, -0.15) is 5.10 Å². The van der Waals surface area contributed by atoms with Crippen LogP contribution in [0.2, 0.25) is 5.02 Å². The number of aromatic nitrogens is 2. The SMILES string of the molecule is CCc1nnc(Oc2ccc(C)cc2Cl)c(CN)c1CC. The fourth-order valence-electron chi connectivity index (χ4n) is 2.32. The quantitative estimate of drug-likeness (QED) is 0.912. The number of nitrogens with two attached hydrogens (primary N) is 1. The summed E-state index contributed by atoms with van der Waals surface area (Å²) in [5.74, 6) is 1.01. The molecule has 0 aliphatic carbocycles. The van der Waals surface area contributed by atoms with E-state index in [-0.39, 0.29) is 0 Å². The van der Waals surface area contributed by atoms with Gasteiger partial charge in [0.15, 0.2) is 0 Å². The van der Waals surface area contributed by atoms with Crippen LogP contribution < -0.4 is 10.5 Å². The van der Waals surface area contributed by atoms with Crippen molar-refractivity contribution in [1.29, 1.82) is 0 Å². The zero-order valence-corrected chi connectivity index (χ0v) is 13.4. The third kappa shape index (κ3) is 3.34. The van der Waals surface area contributed by atoms with Crippen LogP contribution in [0.15, 0.2) is 18.2 Å². The highest BCUT2D eigenvalue weighted by molar-refractivity contribution is 6.32. The fraction of sp³-hybridized carbons (Fsp3) is 0.375. The van der Waals surface area contributed by atoms with Crippen LogP contribution in [0.3, 0.4) is 0 Å². The number of aryl methyl sites for hydroxylation is 2. The first-order chi connectivity index (χ1) is 10.1. The lowest BCUT2D eigenvalue weighted by atomic mass is 10.0. The molecule has 1 heterocycles. The molecule has 0 saturated heterocycles. The van der Waals surface area contributed by atoms with E-state index in [1.165, 1.54) is 0 Å². The van der Waals surface area contributed by atoms with Crippen LogP contribution in [0, 0.1) is 6.92 Å². The Morgan fingerprint density at radius 1 is 1.14 bits per heavy atom. The van der Waals surface area contributed by atoms with Gasteiger partial charge in [-0.15, -0.1) is 5.10 Å². The Kier molecular flexibility index (Phi) is 5.15. The second kappa shape index (κ2) is 6.87. The average molecular weight is 306 g/mol. The minimum Gasteiger partial charge on any atom is -0.436 e. The number of benzene rings is 1. The molecule has 2 aromatic rings. The highest BCUT2D eigenvalue weighted by Crippen LogP contribution is 2.32. The monoisotopic (exact) mass is 305 g/mol. The molecule has 1 aromatic carbocycles. The van der Waals surface area contributed by atoms with E-state index >= 15 is 0 Å². The molecule has 0 atom stereocenters. The Hall–Kier alpha value is -1.65. The van der Waals surface area contributed by atoms with Gasteiger partial charge in [-0.3, -0.25) is 0 Å². The summed E-state index contributed by atoms with van der Waals surface area (Å²) in [7, 11) is 0. The predicted molar refractivity (Wildman–Crippen MR) is 84.9 cm³/mol. The summed E-state index contributed by atoms with van der Waals surface area (Å²) in [5, 5.41) is 8.98. The number of hydrogen-bond acceptors (Lipinski definition) is 4. The molecule has 0 aliphatic heterocycles. The fourth-order valence-corrected chi connectivity index (χ4v) is 2.59. The maximum Gasteiger partial charge on any atom is 0.243 e. The smallest absolute Gasteiger partial charge is 0.243 e. The van der Waals surface area contributed by atoms with Gasteiger partial charge < -0.3 is 10.5 Å². The number of ether oxygens (including phenoxy) is 1. The van der Waals surface area contributed by atoms with Crippen LogP contribution in [0.25, 0.3) is 0 Å². The van der Waals surface area contributed by atoms with Gasteiger partial charge in [-0.25, -0.2) is 0 Å². The van der Waals surface area contributed by atoms with E-state index in [0.717, 1.165) is 35.2 Å². The van der Waals surface area contributed by atoms with Gasteiger partial charge in [-0.05, 0) is 43.0 Å². The van der Waals surface area contributed by atoms with Gasteiger partial charge in [0.1, 0.15) is 5.75 Å². The second-order valence-corrected chi connectivity index (χ2v) is 5.26. The first-order valence-corrected chi connectivity index (χ1v) is 7.49. The summed E-state index contributed by atoms with van der Waals surface area (Å²) in [6.45, 7) is 6.48. The van der Waals surface area contributed by atoms with Crippen molar-refractivity contribution in [2.75, 3.05) is 0 Å². The van der Waals surface area contributed by atoms with E-state index < -0.39 is 0 Å². The molecule has 2 rings (SSSR count). The summed E-state index contributed by atoms with van der Waals surface area (Å²) in [6, 6.07) is 5.63. The minimum absolute atomic E-state index is 0.366. The highest BCUT2D eigenvalue weighted by Gasteiger charge is 2.16. The van der Waals surface area contributed by atoms with Crippen LogP contribution >= 0.6 is 11.6 Å². The summed E-state index contributed by atoms with van der Waals surface area (Å²) in [5.41, 5.74) is 9.96. The molecule has 0 unspecified atom stereocenters. The third-order valence-corrected chi connectivity index (χ3v) is 3.71. The molecule has 4 nitrogen and oxygen atoms in total. The van der Waals surface area contributed by atoms with Crippen LogP contribution in [0.1, 0.15) is 36.2 Å². The molecular formula is C16H20ClN3O. The van der Waals surface area contributed by atoms with Crippen molar-refractivity contribution >= 4 is 11.6 Å². The van der Waals surface area contributed by atoms with E-state index in [1.807, 2.05) is 25.1 Å². The molecule has 0 aliphatic rings. The average Bonchev–Trinajstić information content (AvgIpc) is 2.49. The van der Waals surface area contributed by atoms with Crippen molar-refractivity contribution < 1.29 is 4.74 Å². The topological polar surface area (TPSA) is 61.0 Å². The van der Waals surface area contributed by atoms with Gasteiger partial charge in [-0.1, -0.05) is 31.5 Å². The van der Waals surface area contributed by atoms with Crippen molar-refractivity contribution in [1.82, 2.24) is 10.2 Å². The lowest BCUT2D eigenvalue weighted by Gasteiger charge is -2.15. The molecule has 1 aromatic heterocycles. The molecule has 112 valence electrons. The maximum absolute atomic E-state index is 6.20. The molecule has 0 saturated carbocycles. The molecule has 2 N–H and O–H groups in total. The van der Waals surface area contributed by atoms with Crippen LogP contribution in [0.5, 0.6) is 11.6 Å². The largest absolute Gasteiger partial charge is 0.436 e. The molecule has 5 heteroatoms. The Morgan fingerprint density at radius 3 is 2.48 bits per heavy atom. The third-order valence-electron chi connectivity index (χ3n) is 3.42. The molecule has 0 fully saturated rings. The molecular weight excluding hydrogens is 286 g/mol. The maximum atomic E-state index is 6.20. The lowest BCUT2D eigenvalue weighted by molar-refractivity contribution is 0.445. The predicted octanol–water partition coefficient (Wildman–Crippen LogP) is 3.81. The lowest BCUT2D eigenvalue weighted by Crippen LogP contribution is -2.10. The number of halogens is 1. The summed E-state index contributed by atoms with van der Waals surface area (Å²) < 4.78 is 5.84. The van der Waals surface area contributed by atoms with E-state index in [2.05, 4.69) is 24.0 Å². The number of rotatable bonds is 5. The molecule has 0 radical (unpaired) electrons. The van der Waals surface area contributed by atoms with Crippen LogP contribution in [-0.2, 0) is 19.4 Å². The van der Waals surface area contributed by atoms with Gasteiger partial charge in [0, 0.05) is 12.1 Å². The van der Waals surface area contributed by atoms with Gasteiger partial charge in [0.25, 0.3) is 0 Å². The van der Waals surface area contributed by atoms with Crippen LogP contribution in [-0.4, -0.2) is 10.2 Å². The standard InChI is InChI=1S/C16H20ClN3O/c1-4-11-12(9-18)16(20-19-14(11)5-2)21-15-7-6-10(3)8-13(15)17/h6-8H,4-5,9,18H2,1-3H3. The van der Waals surface area contributed by atoms with Gasteiger partial charge in [0.2, 0.25) is 5.88 Å². The normalized spacial score (nSPS) is 10.7. The zero-order valence-electron chi connectivity index (χ0n) is 12.6. The van der Waals surface area contributed by atoms with Crippen molar-refractivity contribution in [2.45, 2.75) is 40.2 Å². The van der Waals surface area contributed by atoms with Crippen molar-refractivity contribution in [3.8, 4) is 11.6 Å². The van der Waals surface area contributed by atoms with Crippen molar-refractivity contribution in [3.05, 3.63) is 45.6 Å². The zero-order chi connectivity index (χ0) is 15.4. The number of nitrogens with zero attached hydrogens (tertiary/aromatic N) is 2. The van der Waals surface area contributed by atoms with E-state index in [9.17, 15) is 0 Å². The second-order valence-electron chi connectivity index (χ2n) is 4.86. The minimum atomic E-state index is 0.366. The van der Waals surface area contributed by atoms with E-state index in [1.54, 1.807) is 0 Å². The molecule has 21 heavy (non-hydrogen) atoms. The number of hydrogen-bond donors (Lipinski definition) is 1. The Labute approximate surface area is 130 Å². The van der Waals surface area contributed by atoms with Crippen LogP contribution in [0.4, 0.5) is 0 Å². The Balaban J connectivity index is 2.44. The van der Waals surface area contributed by atoms with Crippen molar-refractivity contribution in [2.24, 2.45) is 5.73 Å². The molecule has 0 amide bonds.